The molecule has 4 N–H and O–H groups in total. The van der Waals surface area contributed by atoms with Crippen LogP contribution in [0.2, 0.25) is 0 Å². The molecule has 2 heterocycles. The molecule has 2 aliphatic heterocycles. The van der Waals surface area contributed by atoms with Crippen molar-refractivity contribution in [3.05, 3.63) is 119 Å². The minimum absolute atomic E-state index is 0. The Morgan fingerprint density at radius 3 is 1.35 bits per heavy atom. The number of rotatable bonds is 20. The number of carboxylic acid groups (broad SMARTS) is 2. The molecule has 1 saturated carbocycles. The van der Waals surface area contributed by atoms with Crippen LogP contribution in [0.15, 0.2) is 108 Å². The first-order chi connectivity index (χ1) is 29.1. The zero-order valence-electron chi connectivity index (χ0n) is 36.2. The molecule has 1 aliphatic carbocycles. The molecule has 63 heavy (non-hydrogen) atoms. The van der Waals surface area contributed by atoms with E-state index in [1.807, 2.05) is 88.4 Å². The van der Waals surface area contributed by atoms with Crippen molar-refractivity contribution in [1.82, 2.24) is 0 Å². The first-order valence-electron chi connectivity index (χ1n) is 20.2. The van der Waals surface area contributed by atoms with Crippen molar-refractivity contribution in [3.63, 3.8) is 0 Å². The summed E-state index contributed by atoms with van der Waals surface area (Å²) in [7, 11) is -8.20. The van der Waals surface area contributed by atoms with Crippen molar-refractivity contribution in [2.45, 2.75) is 77.0 Å². The van der Waals surface area contributed by atoms with E-state index in [1.54, 1.807) is 24.3 Å². The molecule has 0 saturated heterocycles. The number of carbonyl (C=O) groups is 3. The van der Waals surface area contributed by atoms with Crippen LogP contribution < -0.4 is 48.8 Å². The van der Waals surface area contributed by atoms with Gasteiger partial charge in [-0.25, -0.2) is 9.59 Å². The Hall–Kier alpha value is -4.49. The molecule has 0 bridgehead atoms. The van der Waals surface area contributed by atoms with Gasteiger partial charge in [-0.2, -0.15) is 16.8 Å². The van der Waals surface area contributed by atoms with Crippen LogP contribution in [-0.2, 0) is 45.4 Å². The van der Waals surface area contributed by atoms with E-state index in [0.717, 1.165) is 33.9 Å². The van der Waals surface area contributed by atoms with E-state index in [0.29, 0.717) is 61.4 Å². The second-order valence-electron chi connectivity index (χ2n) is 16.3. The average Bonchev–Trinajstić information content (AvgIpc) is 3.71. The Morgan fingerprint density at radius 1 is 0.635 bits per heavy atom. The van der Waals surface area contributed by atoms with Crippen molar-refractivity contribution >= 4 is 49.3 Å². The number of nitrogens with zero attached hydrogens (tertiary/aromatic N) is 2. The van der Waals surface area contributed by atoms with Gasteiger partial charge in [-0.3, -0.25) is 13.9 Å². The van der Waals surface area contributed by atoms with Crippen molar-refractivity contribution in [1.29, 1.82) is 0 Å². The Bertz CT molecular complexity index is 2310. The summed E-state index contributed by atoms with van der Waals surface area (Å²) in [5.41, 5.74) is 5.55. The molecule has 0 amide bonds. The summed E-state index contributed by atoms with van der Waals surface area (Å²) in [4.78, 5) is 39.8. The van der Waals surface area contributed by atoms with Gasteiger partial charge in [0.25, 0.3) is 20.2 Å². The van der Waals surface area contributed by atoms with Gasteiger partial charge in [-0.05, 0) is 98.2 Å². The van der Waals surface area contributed by atoms with E-state index < -0.39 is 56.2 Å². The van der Waals surface area contributed by atoms with E-state index in [1.165, 1.54) is 0 Å². The third-order valence-corrected chi connectivity index (χ3v) is 12.7. The fourth-order valence-corrected chi connectivity index (χ4v) is 9.16. The SMILES string of the molecule is CC1(C)\C(=C/C=C/C=C2\CC\C(=C/C=C/C=C3/N(CCCCS(=O)(=O)O)c4ccc(OCC(=O)O)cc4C3(C)C)C2=O)N(CCCCS(=O)(=O)O)c2ccc(OCC(=O)O)cc21.[Na+]. The second kappa shape index (κ2) is 21.5. The molecule has 3 aliphatic rings. The molecular weight excluding hydrogens is 864 g/mol. The normalized spacial score (nSPS) is 19.4. The molecule has 0 unspecified atom stereocenters. The predicted molar refractivity (Wildman–Crippen MR) is 236 cm³/mol. The minimum atomic E-state index is -4.10. The van der Waals surface area contributed by atoms with Crippen LogP contribution in [0.25, 0.3) is 0 Å². The number of hydrogen-bond donors (Lipinski definition) is 4. The second-order valence-corrected chi connectivity index (χ2v) is 19.5. The average molecular weight is 918 g/mol. The molecule has 5 rings (SSSR count). The molecule has 0 atom stereocenters. The van der Waals surface area contributed by atoms with Gasteiger partial charge in [-0.15, -0.1) is 0 Å². The van der Waals surface area contributed by atoms with Gasteiger partial charge in [0.1, 0.15) is 11.5 Å². The number of carbonyl (C=O) groups excluding carboxylic acids is 1. The fourth-order valence-electron chi connectivity index (χ4n) is 8.03. The summed E-state index contributed by atoms with van der Waals surface area (Å²) in [6, 6.07) is 10.7. The fraction of sp³-hybridized carbons (Fsp3) is 0.400. The Labute approximate surface area is 391 Å². The van der Waals surface area contributed by atoms with E-state index in [9.17, 15) is 40.3 Å². The van der Waals surface area contributed by atoms with Crippen molar-refractivity contribution in [2.75, 3.05) is 47.6 Å². The Balaban J connectivity index is 0.00000871. The summed E-state index contributed by atoms with van der Waals surface area (Å²) in [5, 5.41) is 18.2. The number of carboxylic acids is 2. The zero-order chi connectivity index (χ0) is 45.5. The van der Waals surface area contributed by atoms with E-state index in [2.05, 4.69) is 9.80 Å². The van der Waals surface area contributed by atoms with Crippen LogP contribution in [-0.4, -0.2) is 91.7 Å². The molecule has 1 fully saturated rings. The number of unbranched alkanes of at least 4 members (excludes halogenated alkanes) is 2. The molecule has 2 aromatic rings. The molecule has 0 spiro atoms. The number of hydrogen-bond acceptors (Lipinski definition) is 11. The number of fused-ring (bicyclic) bond motifs is 2. The van der Waals surface area contributed by atoms with Gasteiger partial charge in [0.05, 0.1) is 11.5 Å². The summed E-state index contributed by atoms with van der Waals surface area (Å²) < 4.78 is 74.7. The van der Waals surface area contributed by atoms with E-state index in [4.69, 9.17) is 19.7 Å². The van der Waals surface area contributed by atoms with Crippen LogP contribution in [0.5, 0.6) is 11.5 Å². The first kappa shape index (κ1) is 51.1. The van der Waals surface area contributed by atoms with Crippen LogP contribution in [0.3, 0.4) is 0 Å². The molecule has 0 aromatic heterocycles. The van der Waals surface area contributed by atoms with Gasteiger partial charge in [0.2, 0.25) is 0 Å². The smallest absolute Gasteiger partial charge is 0.482 e. The largest absolute Gasteiger partial charge is 1.00 e. The maximum absolute atomic E-state index is 13.4. The van der Waals surface area contributed by atoms with Gasteiger partial charge >= 0.3 is 41.5 Å². The van der Waals surface area contributed by atoms with Crippen LogP contribution in [0.4, 0.5) is 11.4 Å². The molecule has 18 heteroatoms. The predicted octanol–water partition coefficient (Wildman–Crippen LogP) is 3.94. The minimum Gasteiger partial charge on any atom is -0.482 e. The van der Waals surface area contributed by atoms with Crippen molar-refractivity contribution in [2.24, 2.45) is 0 Å². The summed E-state index contributed by atoms with van der Waals surface area (Å²) in [6.07, 6.45) is 17.4. The maximum atomic E-state index is 13.4. The van der Waals surface area contributed by atoms with Crippen LogP contribution >= 0.6 is 0 Å². The summed E-state index contributed by atoms with van der Waals surface area (Å²) in [6.45, 7) is 8.05. The van der Waals surface area contributed by atoms with E-state index >= 15 is 0 Å². The quantitative estimate of drug-likeness (QED) is 0.0639. The molecular formula is C45H54N2NaO13S2+. The van der Waals surface area contributed by atoms with E-state index in [-0.39, 0.29) is 59.7 Å². The number of allylic oxidation sites excluding steroid dienone is 12. The third kappa shape index (κ3) is 13.5. The third-order valence-electron chi connectivity index (χ3n) is 11.1. The summed E-state index contributed by atoms with van der Waals surface area (Å²) in [5.74, 6) is -2.15. The van der Waals surface area contributed by atoms with Crippen molar-refractivity contribution in [3.8, 4) is 11.5 Å². The van der Waals surface area contributed by atoms with Gasteiger partial charge in [0.15, 0.2) is 19.0 Å². The molecule has 334 valence electrons. The monoisotopic (exact) mass is 917 g/mol. The van der Waals surface area contributed by atoms with Crippen LogP contribution in [0.1, 0.15) is 77.3 Å². The number of anilines is 2. The number of ketones is 1. The standard InChI is InChI=1S/C45H54N2O13S2.Na/c1-44(2)35-27-33(59-29-41(48)49)19-21-37(35)46(23-9-11-25-61(53,54)55)39(44)15-7-5-13-31-17-18-32(43(31)52)14-6-8-16-40-45(3,4)36-28-34(60-30-42(50)51)20-22-38(36)47(40)24-10-12-26-62(56,57)58;/h5-8,13-16,19-22,27-28H,9-12,17-18,23-26,29-30H2,1-4H3,(H,48,49)(H,50,51)(H,53,54,55)(H,56,57,58);/q;+1/b7-5+,8-6+,31-13+,32-14+,39-15+,40-16+;. The Kier molecular flexibility index (Phi) is 17.4. The topological polar surface area (TPSA) is 225 Å². The van der Waals surface area contributed by atoms with Gasteiger partial charge in [0, 0.05) is 57.8 Å². The number of benzene rings is 2. The zero-order valence-corrected chi connectivity index (χ0v) is 39.9. The van der Waals surface area contributed by atoms with Gasteiger partial charge in [-0.1, -0.05) is 64.2 Å². The number of aliphatic carboxylic acids is 2. The van der Waals surface area contributed by atoms with Crippen molar-refractivity contribution < 1.29 is 89.6 Å². The number of Topliss-reactive ketones (excluding diaryl/α,β-unsaturated/α-hetero) is 1. The molecule has 0 radical (unpaired) electrons. The molecule has 15 nitrogen and oxygen atoms in total. The van der Waals surface area contributed by atoms with Gasteiger partial charge < -0.3 is 29.5 Å². The maximum Gasteiger partial charge on any atom is 1.00 e. The van der Waals surface area contributed by atoms with Crippen LogP contribution in [0, 0.1) is 0 Å². The Morgan fingerprint density at radius 2 is 1.00 bits per heavy atom. The first-order valence-corrected chi connectivity index (χ1v) is 23.4. The molecule has 2 aromatic carbocycles. The number of ether oxygens (including phenoxy) is 2. The summed E-state index contributed by atoms with van der Waals surface area (Å²) >= 11 is 0.